The number of ketones is 1. The average molecular weight is 270 g/mol. The molecule has 0 saturated carbocycles. The van der Waals surface area contributed by atoms with Crippen molar-refractivity contribution in [2.75, 3.05) is 26.7 Å². The van der Waals surface area contributed by atoms with Crippen LogP contribution in [-0.4, -0.2) is 60.0 Å². The van der Waals surface area contributed by atoms with Crippen LogP contribution in [0.4, 0.5) is 4.79 Å². The fourth-order valence-electron chi connectivity index (χ4n) is 2.26. The van der Waals surface area contributed by atoms with Crippen LogP contribution in [0.3, 0.4) is 0 Å². The van der Waals surface area contributed by atoms with E-state index in [0.717, 1.165) is 25.9 Å². The van der Waals surface area contributed by atoms with Gasteiger partial charge in [0.15, 0.2) is 0 Å². The highest BCUT2D eigenvalue weighted by Crippen LogP contribution is 2.18. The predicted molar refractivity (Wildman–Crippen MR) is 74.1 cm³/mol. The smallest absolute Gasteiger partial charge is 0.410 e. The third-order valence-electron chi connectivity index (χ3n) is 3.23. The summed E-state index contributed by atoms with van der Waals surface area (Å²) in [4.78, 5) is 26.9. The number of carbonyl (C=O) groups excluding carboxylic acids is 2. The topological polar surface area (TPSA) is 49.9 Å². The van der Waals surface area contributed by atoms with Gasteiger partial charge in [0.1, 0.15) is 11.4 Å². The van der Waals surface area contributed by atoms with E-state index in [0.29, 0.717) is 6.54 Å². The molecule has 0 aliphatic carbocycles. The van der Waals surface area contributed by atoms with Crippen molar-refractivity contribution in [2.24, 2.45) is 0 Å². The molecule has 0 atom stereocenters. The molecule has 5 nitrogen and oxygen atoms in total. The Kier molecular flexibility index (Phi) is 5.35. The second-order valence-corrected chi connectivity index (χ2v) is 6.30. The SMILES string of the molecule is CC(=O)CN1CCC(N(C)C(=O)OC(C)(C)C)CC1. The number of piperidine rings is 1. The van der Waals surface area contributed by atoms with E-state index < -0.39 is 5.60 Å². The van der Waals surface area contributed by atoms with Gasteiger partial charge in [-0.05, 0) is 40.5 Å². The number of likely N-dealkylation sites (tertiary alicyclic amines) is 1. The Bertz CT molecular complexity index is 328. The quantitative estimate of drug-likeness (QED) is 0.786. The number of rotatable bonds is 3. The first-order chi connectivity index (χ1) is 8.69. The molecule has 0 unspecified atom stereocenters. The maximum atomic E-state index is 12.0. The molecule has 1 amide bonds. The molecule has 1 rings (SSSR count). The van der Waals surface area contributed by atoms with Crippen LogP contribution in [0.5, 0.6) is 0 Å². The van der Waals surface area contributed by atoms with Gasteiger partial charge < -0.3 is 9.64 Å². The monoisotopic (exact) mass is 270 g/mol. The number of hydrogen-bond acceptors (Lipinski definition) is 4. The number of hydrogen-bond donors (Lipinski definition) is 0. The van der Waals surface area contributed by atoms with E-state index in [1.807, 2.05) is 20.8 Å². The second-order valence-electron chi connectivity index (χ2n) is 6.30. The van der Waals surface area contributed by atoms with Gasteiger partial charge in [0.05, 0.1) is 6.54 Å². The molecule has 0 aromatic carbocycles. The lowest BCUT2D eigenvalue weighted by Crippen LogP contribution is -2.47. The van der Waals surface area contributed by atoms with Crippen LogP contribution in [0.1, 0.15) is 40.5 Å². The Labute approximate surface area is 115 Å². The molecule has 0 bridgehead atoms. The van der Waals surface area contributed by atoms with Crippen molar-refractivity contribution in [3.63, 3.8) is 0 Å². The standard InChI is InChI=1S/C14H26N2O3/c1-11(17)10-16-8-6-12(7-9-16)15(5)13(18)19-14(2,3)4/h12H,6-10H2,1-5H3. The highest BCUT2D eigenvalue weighted by molar-refractivity contribution is 5.77. The third-order valence-corrected chi connectivity index (χ3v) is 3.23. The molecule has 0 aromatic heterocycles. The van der Waals surface area contributed by atoms with E-state index in [4.69, 9.17) is 4.74 Å². The summed E-state index contributed by atoms with van der Waals surface area (Å²) < 4.78 is 5.36. The molecule has 0 spiro atoms. The molecular formula is C14H26N2O3. The summed E-state index contributed by atoms with van der Waals surface area (Å²) in [7, 11) is 1.79. The number of amides is 1. The molecule has 19 heavy (non-hydrogen) atoms. The summed E-state index contributed by atoms with van der Waals surface area (Å²) in [5, 5.41) is 0. The summed E-state index contributed by atoms with van der Waals surface area (Å²) in [6.07, 6.45) is 1.52. The normalized spacial score (nSPS) is 18.2. The summed E-state index contributed by atoms with van der Waals surface area (Å²) in [5.41, 5.74) is -0.458. The van der Waals surface area contributed by atoms with Gasteiger partial charge >= 0.3 is 6.09 Å². The van der Waals surface area contributed by atoms with Gasteiger partial charge in [0.25, 0.3) is 0 Å². The zero-order chi connectivity index (χ0) is 14.6. The van der Waals surface area contributed by atoms with E-state index in [1.165, 1.54) is 0 Å². The van der Waals surface area contributed by atoms with E-state index in [2.05, 4.69) is 4.90 Å². The first kappa shape index (κ1) is 16.0. The van der Waals surface area contributed by atoms with Crippen LogP contribution in [0, 0.1) is 0 Å². The van der Waals surface area contributed by atoms with E-state index in [9.17, 15) is 9.59 Å². The zero-order valence-corrected chi connectivity index (χ0v) is 12.7. The van der Waals surface area contributed by atoms with Crippen molar-refractivity contribution in [3.05, 3.63) is 0 Å². The molecule has 0 aromatic rings. The molecule has 1 aliphatic rings. The molecule has 1 fully saturated rings. The Hall–Kier alpha value is -1.10. The predicted octanol–water partition coefficient (Wildman–Crippen LogP) is 1.91. The largest absolute Gasteiger partial charge is 0.444 e. The van der Waals surface area contributed by atoms with Gasteiger partial charge in [-0.2, -0.15) is 0 Å². The Morgan fingerprint density at radius 3 is 2.21 bits per heavy atom. The van der Waals surface area contributed by atoms with Gasteiger partial charge in [-0.15, -0.1) is 0 Å². The molecule has 1 aliphatic heterocycles. The molecule has 110 valence electrons. The lowest BCUT2D eigenvalue weighted by atomic mass is 10.0. The molecular weight excluding hydrogens is 244 g/mol. The third kappa shape index (κ3) is 5.59. The first-order valence-electron chi connectivity index (χ1n) is 6.86. The molecule has 0 radical (unpaired) electrons. The summed E-state index contributed by atoms with van der Waals surface area (Å²) in [6.45, 7) is 9.45. The first-order valence-corrected chi connectivity index (χ1v) is 6.86. The fourth-order valence-corrected chi connectivity index (χ4v) is 2.26. The van der Waals surface area contributed by atoms with Crippen molar-refractivity contribution in [2.45, 2.75) is 52.2 Å². The minimum Gasteiger partial charge on any atom is -0.444 e. The second kappa shape index (κ2) is 6.37. The van der Waals surface area contributed by atoms with Gasteiger partial charge in [-0.1, -0.05) is 0 Å². The van der Waals surface area contributed by atoms with Crippen LogP contribution in [0.15, 0.2) is 0 Å². The zero-order valence-electron chi connectivity index (χ0n) is 12.7. The number of Topliss-reactive ketones (excluding diaryl/α,β-unsaturated/α-hetero) is 1. The summed E-state index contributed by atoms with van der Waals surface area (Å²) in [5.74, 6) is 0.193. The van der Waals surface area contributed by atoms with Crippen LogP contribution in [0.2, 0.25) is 0 Å². The summed E-state index contributed by atoms with van der Waals surface area (Å²) in [6, 6.07) is 0.207. The van der Waals surface area contributed by atoms with Crippen molar-refractivity contribution < 1.29 is 14.3 Å². The maximum Gasteiger partial charge on any atom is 0.410 e. The van der Waals surface area contributed by atoms with Crippen LogP contribution < -0.4 is 0 Å². The Balaban J connectivity index is 2.42. The van der Waals surface area contributed by atoms with Gasteiger partial charge in [-0.3, -0.25) is 9.69 Å². The number of carbonyl (C=O) groups is 2. The minimum absolute atomic E-state index is 0.193. The van der Waals surface area contributed by atoms with Crippen molar-refractivity contribution in [1.29, 1.82) is 0 Å². The minimum atomic E-state index is -0.458. The maximum absolute atomic E-state index is 12.0. The molecule has 1 heterocycles. The number of ether oxygens (including phenoxy) is 1. The molecule has 0 N–H and O–H groups in total. The highest BCUT2D eigenvalue weighted by atomic mass is 16.6. The lowest BCUT2D eigenvalue weighted by Gasteiger charge is -2.36. The Morgan fingerprint density at radius 2 is 1.79 bits per heavy atom. The molecule has 1 saturated heterocycles. The fraction of sp³-hybridized carbons (Fsp3) is 0.857. The van der Waals surface area contributed by atoms with Gasteiger partial charge in [0.2, 0.25) is 0 Å². The van der Waals surface area contributed by atoms with E-state index >= 15 is 0 Å². The van der Waals surface area contributed by atoms with Gasteiger partial charge in [-0.25, -0.2) is 4.79 Å². The van der Waals surface area contributed by atoms with E-state index in [-0.39, 0.29) is 17.9 Å². The van der Waals surface area contributed by atoms with Crippen molar-refractivity contribution in [3.8, 4) is 0 Å². The number of nitrogens with zero attached hydrogens (tertiary/aromatic N) is 2. The van der Waals surface area contributed by atoms with E-state index in [1.54, 1.807) is 18.9 Å². The van der Waals surface area contributed by atoms with Crippen LogP contribution in [-0.2, 0) is 9.53 Å². The summed E-state index contributed by atoms with van der Waals surface area (Å²) >= 11 is 0. The van der Waals surface area contributed by atoms with Crippen molar-refractivity contribution in [1.82, 2.24) is 9.80 Å². The van der Waals surface area contributed by atoms with Crippen molar-refractivity contribution >= 4 is 11.9 Å². The Morgan fingerprint density at radius 1 is 1.26 bits per heavy atom. The van der Waals surface area contributed by atoms with Gasteiger partial charge in [0, 0.05) is 26.2 Å². The van der Waals surface area contributed by atoms with Crippen LogP contribution in [0.25, 0.3) is 0 Å². The lowest BCUT2D eigenvalue weighted by molar-refractivity contribution is -0.118. The molecule has 5 heteroatoms. The average Bonchev–Trinajstić information content (AvgIpc) is 2.26. The van der Waals surface area contributed by atoms with Crippen LogP contribution >= 0.6 is 0 Å². The highest BCUT2D eigenvalue weighted by Gasteiger charge is 2.28.